The third kappa shape index (κ3) is 4.60. The molecule has 0 aromatic heterocycles. The van der Waals surface area contributed by atoms with Crippen LogP contribution in [0.1, 0.15) is 32.4 Å². The second-order valence-electron chi connectivity index (χ2n) is 5.22. The van der Waals surface area contributed by atoms with Gasteiger partial charge < -0.3 is 9.47 Å². The maximum absolute atomic E-state index is 5.71. The van der Waals surface area contributed by atoms with Crippen LogP contribution in [0.4, 0.5) is 0 Å². The van der Waals surface area contributed by atoms with Gasteiger partial charge in [-0.3, -0.25) is 11.3 Å². The molecule has 0 aliphatic rings. The molecule has 1 rings (SSSR count). The highest BCUT2D eigenvalue weighted by Gasteiger charge is 2.22. The normalized spacial score (nSPS) is 13.2. The first-order valence-electron chi connectivity index (χ1n) is 6.24. The summed E-state index contributed by atoms with van der Waals surface area (Å²) in [5, 5.41) is 0. The van der Waals surface area contributed by atoms with Crippen molar-refractivity contribution in [2.75, 3.05) is 20.0 Å². The number of nitrogens with one attached hydrogen (secondary N) is 1. The average molecular weight is 284 g/mol. The molecule has 1 atom stereocenters. The van der Waals surface area contributed by atoms with Crippen LogP contribution in [0.3, 0.4) is 0 Å². The predicted molar refractivity (Wildman–Crippen MR) is 81.8 cm³/mol. The van der Waals surface area contributed by atoms with E-state index in [1.54, 1.807) is 14.2 Å². The molecule has 19 heavy (non-hydrogen) atoms. The summed E-state index contributed by atoms with van der Waals surface area (Å²) in [7, 11) is 3.31. The Labute approximate surface area is 120 Å². The zero-order valence-electron chi connectivity index (χ0n) is 12.3. The number of ether oxygens (including phenoxy) is 2. The van der Waals surface area contributed by atoms with Gasteiger partial charge in [0, 0.05) is 10.5 Å². The van der Waals surface area contributed by atoms with Crippen LogP contribution in [0.5, 0.6) is 11.5 Å². The van der Waals surface area contributed by atoms with Gasteiger partial charge in [-0.05, 0) is 12.1 Å². The topological polar surface area (TPSA) is 56.5 Å². The zero-order chi connectivity index (χ0) is 14.5. The number of benzene rings is 1. The fourth-order valence-corrected chi connectivity index (χ4v) is 2.70. The van der Waals surface area contributed by atoms with Gasteiger partial charge in [-0.15, -0.1) is 0 Å². The van der Waals surface area contributed by atoms with E-state index < -0.39 is 0 Å². The van der Waals surface area contributed by atoms with E-state index in [0.29, 0.717) is 0 Å². The summed E-state index contributed by atoms with van der Waals surface area (Å²) >= 11 is 1.85. The van der Waals surface area contributed by atoms with Crippen LogP contribution in [0.25, 0.3) is 0 Å². The first-order valence-corrected chi connectivity index (χ1v) is 7.22. The molecule has 0 amide bonds. The lowest BCUT2D eigenvalue weighted by atomic mass is 10.1. The SMILES string of the molecule is COc1cccc(OC)c1C(CSC(C)(C)C)NN. The lowest BCUT2D eigenvalue weighted by Gasteiger charge is -2.25. The van der Waals surface area contributed by atoms with Gasteiger partial charge in [0.05, 0.1) is 25.8 Å². The van der Waals surface area contributed by atoms with E-state index in [4.69, 9.17) is 15.3 Å². The van der Waals surface area contributed by atoms with Gasteiger partial charge in [-0.2, -0.15) is 11.8 Å². The van der Waals surface area contributed by atoms with Crippen molar-refractivity contribution in [3.05, 3.63) is 23.8 Å². The van der Waals surface area contributed by atoms with Crippen LogP contribution >= 0.6 is 11.8 Å². The maximum atomic E-state index is 5.71. The van der Waals surface area contributed by atoms with E-state index in [1.807, 2.05) is 30.0 Å². The summed E-state index contributed by atoms with van der Waals surface area (Å²) in [5.41, 5.74) is 3.82. The Balaban J connectivity index is 3.02. The van der Waals surface area contributed by atoms with Gasteiger partial charge in [-0.1, -0.05) is 26.8 Å². The van der Waals surface area contributed by atoms with Gasteiger partial charge in [0.1, 0.15) is 11.5 Å². The Morgan fingerprint density at radius 1 is 1.21 bits per heavy atom. The van der Waals surface area contributed by atoms with Crippen LogP contribution in [0.2, 0.25) is 0 Å². The van der Waals surface area contributed by atoms with Crippen molar-refractivity contribution < 1.29 is 9.47 Å². The Bertz CT molecular complexity index is 383. The summed E-state index contributed by atoms with van der Waals surface area (Å²) in [6, 6.07) is 5.73. The molecule has 0 saturated carbocycles. The van der Waals surface area contributed by atoms with Crippen LogP contribution in [-0.2, 0) is 0 Å². The fraction of sp³-hybridized carbons (Fsp3) is 0.571. The quantitative estimate of drug-likeness (QED) is 0.621. The van der Waals surface area contributed by atoms with E-state index in [1.165, 1.54) is 0 Å². The molecule has 0 aliphatic heterocycles. The Morgan fingerprint density at radius 2 is 1.74 bits per heavy atom. The second-order valence-corrected chi connectivity index (χ2v) is 7.07. The molecule has 0 fully saturated rings. The average Bonchev–Trinajstić information content (AvgIpc) is 2.38. The predicted octanol–water partition coefficient (Wildman–Crippen LogP) is 2.74. The number of rotatable bonds is 6. The number of methoxy groups -OCH3 is 2. The van der Waals surface area contributed by atoms with Crippen LogP contribution in [0, 0.1) is 0 Å². The van der Waals surface area contributed by atoms with Crippen molar-refractivity contribution in [1.29, 1.82) is 0 Å². The van der Waals surface area contributed by atoms with Crippen molar-refractivity contribution >= 4 is 11.8 Å². The van der Waals surface area contributed by atoms with Crippen molar-refractivity contribution in [1.82, 2.24) is 5.43 Å². The maximum Gasteiger partial charge on any atom is 0.127 e. The number of hydrogen-bond acceptors (Lipinski definition) is 5. The number of hydrazine groups is 1. The molecular formula is C14H24N2O2S. The standard InChI is InChI=1S/C14H24N2O2S/c1-14(2,3)19-9-10(16-15)13-11(17-4)7-6-8-12(13)18-5/h6-8,10,16H,9,15H2,1-5H3. The summed E-state index contributed by atoms with van der Waals surface area (Å²) in [6.45, 7) is 6.56. The first kappa shape index (κ1) is 16.1. The van der Waals surface area contributed by atoms with E-state index in [-0.39, 0.29) is 10.8 Å². The van der Waals surface area contributed by atoms with E-state index >= 15 is 0 Å². The first-order chi connectivity index (χ1) is 8.92. The van der Waals surface area contributed by atoms with E-state index in [2.05, 4.69) is 26.2 Å². The fourth-order valence-electron chi connectivity index (χ4n) is 1.77. The Morgan fingerprint density at radius 3 is 2.11 bits per heavy atom. The molecule has 108 valence electrons. The largest absolute Gasteiger partial charge is 0.496 e. The van der Waals surface area contributed by atoms with Crippen molar-refractivity contribution in [3.8, 4) is 11.5 Å². The smallest absolute Gasteiger partial charge is 0.127 e. The third-order valence-electron chi connectivity index (χ3n) is 2.70. The van der Waals surface area contributed by atoms with E-state index in [9.17, 15) is 0 Å². The molecule has 4 nitrogen and oxygen atoms in total. The Hall–Kier alpha value is -0.910. The minimum atomic E-state index is -0.0182. The highest BCUT2D eigenvalue weighted by atomic mass is 32.2. The molecule has 0 radical (unpaired) electrons. The summed E-state index contributed by atoms with van der Waals surface area (Å²) in [4.78, 5) is 0. The highest BCUT2D eigenvalue weighted by molar-refractivity contribution is 8.00. The van der Waals surface area contributed by atoms with Crippen molar-refractivity contribution in [2.45, 2.75) is 31.6 Å². The Kier molecular flexibility index (Phi) is 5.97. The summed E-state index contributed by atoms with van der Waals surface area (Å²) < 4.78 is 11.0. The molecular weight excluding hydrogens is 260 g/mol. The zero-order valence-corrected chi connectivity index (χ0v) is 13.1. The molecule has 5 heteroatoms. The molecule has 1 aromatic carbocycles. The summed E-state index contributed by atoms with van der Waals surface area (Å²) in [6.07, 6.45) is 0. The lowest BCUT2D eigenvalue weighted by molar-refractivity contribution is 0.375. The van der Waals surface area contributed by atoms with Gasteiger partial charge in [-0.25, -0.2) is 0 Å². The second kappa shape index (κ2) is 7.03. The van der Waals surface area contributed by atoms with Crippen molar-refractivity contribution in [3.63, 3.8) is 0 Å². The van der Waals surface area contributed by atoms with Gasteiger partial charge in [0.15, 0.2) is 0 Å². The number of nitrogens with two attached hydrogens (primary N) is 1. The molecule has 3 N–H and O–H groups in total. The molecule has 1 unspecified atom stereocenters. The summed E-state index contributed by atoms with van der Waals surface area (Å²) in [5.74, 6) is 8.13. The monoisotopic (exact) mass is 284 g/mol. The highest BCUT2D eigenvalue weighted by Crippen LogP contribution is 2.37. The molecule has 0 heterocycles. The molecule has 0 spiro atoms. The van der Waals surface area contributed by atoms with Crippen LogP contribution in [-0.4, -0.2) is 24.7 Å². The number of thioether (sulfide) groups is 1. The van der Waals surface area contributed by atoms with Gasteiger partial charge in [0.2, 0.25) is 0 Å². The van der Waals surface area contributed by atoms with Gasteiger partial charge >= 0.3 is 0 Å². The number of hydrogen-bond donors (Lipinski definition) is 2. The molecule has 1 aromatic rings. The van der Waals surface area contributed by atoms with Crippen LogP contribution in [0.15, 0.2) is 18.2 Å². The minimum absolute atomic E-state index is 0.0182. The lowest BCUT2D eigenvalue weighted by Crippen LogP contribution is -2.31. The van der Waals surface area contributed by atoms with E-state index in [0.717, 1.165) is 22.8 Å². The molecule has 0 aliphatic carbocycles. The van der Waals surface area contributed by atoms with Gasteiger partial charge in [0.25, 0.3) is 0 Å². The van der Waals surface area contributed by atoms with Crippen molar-refractivity contribution in [2.24, 2.45) is 5.84 Å². The van der Waals surface area contributed by atoms with Crippen LogP contribution < -0.4 is 20.7 Å². The molecule has 0 bridgehead atoms. The molecule has 0 saturated heterocycles. The third-order valence-corrected chi connectivity index (χ3v) is 4.06. The minimum Gasteiger partial charge on any atom is -0.496 e.